The fraction of sp³-hybridized carbons (Fsp3) is 0.667. The summed E-state index contributed by atoms with van der Waals surface area (Å²) in [4.78, 5) is 10.8. The number of nitrogens with one attached hydrogen (secondary N) is 1. The van der Waals surface area contributed by atoms with E-state index in [-0.39, 0.29) is 11.8 Å². The summed E-state index contributed by atoms with van der Waals surface area (Å²) in [6, 6.07) is 0. The molecule has 2 N–H and O–H groups in total. The summed E-state index contributed by atoms with van der Waals surface area (Å²) in [5.41, 5.74) is 1.31. The molecule has 1 heterocycles. The number of allylic oxidation sites excluding steroid dienone is 1. The van der Waals surface area contributed by atoms with Crippen molar-refractivity contribution in [2.45, 2.75) is 12.8 Å². The van der Waals surface area contributed by atoms with Crippen LogP contribution in [0.2, 0.25) is 0 Å². The predicted octanol–water partition coefficient (Wildman–Crippen LogP) is 0.627. The molecular formula is C9H13NO2. The molecule has 1 saturated heterocycles. The van der Waals surface area contributed by atoms with Crippen LogP contribution in [0.15, 0.2) is 11.6 Å². The summed E-state index contributed by atoms with van der Waals surface area (Å²) >= 11 is 0. The molecule has 12 heavy (non-hydrogen) atoms. The molecule has 0 aromatic rings. The second-order valence-corrected chi connectivity index (χ2v) is 3.54. The third-order valence-corrected chi connectivity index (χ3v) is 2.86. The topological polar surface area (TPSA) is 49.3 Å². The number of carboxylic acids is 1. The lowest BCUT2D eigenvalue weighted by molar-refractivity contribution is -0.143. The number of hydrogen-bond acceptors (Lipinski definition) is 2. The molecule has 0 radical (unpaired) electrons. The highest BCUT2D eigenvalue weighted by Crippen LogP contribution is 2.32. The molecule has 66 valence electrons. The lowest BCUT2D eigenvalue weighted by Crippen LogP contribution is -2.28. The highest BCUT2D eigenvalue weighted by Gasteiger charge is 2.35. The van der Waals surface area contributed by atoms with Crippen molar-refractivity contribution in [3.05, 3.63) is 11.6 Å². The Balaban J connectivity index is 2.19. The molecule has 1 aliphatic heterocycles. The van der Waals surface area contributed by atoms with Crippen LogP contribution in [-0.2, 0) is 4.79 Å². The summed E-state index contributed by atoms with van der Waals surface area (Å²) in [6.07, 6.45) is 3.94. The Labute approximate surface area is 71.5 Å². The van der Waals surface area contributed by atoms with Crippen LogP contribution in [0.4, 0.5) is 0 Å². The summed E-state index contributed by atoms with van der Waals surface area (Å²) < 4.78 is 0. The maximum absolute atomic E-state index is 10.8. The molecule has 0 saturated carbocycles. The van der Waals surface area contributed by atoms with E-state index in [9.17, 15) is 4.79 Å². The van der Waals surface area contributed by atoms with Crippen molar-refractivity contribution in [3.63, 3.8) is 0 Å². The molecule has 0 spiro atoms. The van der Waals surface area contributed by atoms with Crippen molar-refractivity contribution in [3.8, 4) is 0 Å². The summed E-state index contributed by atoms with van der Waals surface area (Å²) in [5, 5.41) is 12.1. The first-order valence-corrected chi connectivity index (χ1v) is 4.41. The smallest absolute Gasteiger partial charge is 0.307 e. The van der Waals surface area contributed by atoms with Crippen molar-refractivity contribution in [1.82, 2.24) is 5.32 Å². The summed E-state index contributed by atoms with van der Waals surface area (Å²) in [5.74, 6) is -0.495. The number of hydrogen-bond donors (Lipinski definition) is 2. The van der Waals surface area contributed by atoms with Gasteiger partial charge in [-0.3, -0.25) is 4.79 Å². The monoisotopic (exact) mass is 167 g/mol. The van der Waals surface area contributed by atoms with Crippen LogP contribution in [0.3, 0.4) is 0 Å². The molecule has 2 unspecified atom stereocenters. The fourth-order valence-corrected chi connectivity index (χ4v) is 2.20. The van der Waals surface area contributed by atoms with Gasteiger partial charge in [-0.05, 0) is 12.8 Å². The van der Waals surface area contributed by atoms with Gasteiger partial charge in [0.2, 0.25) is 0 Å². The fourth-order valence-electron chi connectivity index (χ4n) is 2.20. The van der Waals surface area contributed by atoms with E-state index in [1.165, 1.54) is 5.57 Å². The van der Waals surface area contributed by atoms with Crippen LogP contribution < -0.4 is 5.32 Å². The van der Waals surface area contributed by atoms with Gasteiger partial charge in [-0.2, -0.15) is 0 Å². The number of carboxylic acid groups (broad SMARTS) is 1. The Hall–Kier alpha value is -0.830. The minimum Gasteiger partial charge on any atom is -0.481 e. The van der Waals surface area contributed by atoms with Gasteiger partial charge in [-0.1, -0.05) is 11.6 Å². The minimum atomic E-state index is -0.630. The van der Waals surface area contributed by atoms with Gasteiger partial charge in [0.15, 0.2) is 0 Å². The van der Waals surface area contributed by atoms with Crippen LogP contribution in [0.25, 0.3) is 0 Å². The van der Waals surface area contributed by atoms with Crippen molar-refractivity contribution < 1.29 is 9.90 Å². The van der Waals surface area contributed by atoms with E-state index >= 15 is 0 Å². The van der Waals surface area contributed by atoms with Gasteiger partial charge in [0.05, 0.1) is 5.92 Å². The largest absolute Gasteiger partial charge is 0.481 e. The SMILES string of the molecule is O=C(O)C1CCC=C2CNCC21. The molecule has 3 heteroatoms. The minimum absolute atomic E-state index is 0.139. The number of carbonyl (C=O) groups is 1. The summed E-state index contributed by atoms with van der Waals surface area (Å²) in [6.45, 7) is 1.75. The lowest BCUT2D eigenvalue weighted by Gasteiger charge is -2.23. The molecule has 2 aliphatic rings. The quantitative estimate of drug-likeness (QED) is 0.563. The van der Waals surface area contributed by atoms with E-state index in [1.807, 2.05) is 0 Å². The van der Waals surface area contributed by atoms with Crippen molar-refractivity contribution in [2.24, 2.45) is 11.8 Å². The van der Waals surface area contributed by atoms with Gasteiger partial charge < -0.3 is 10.4 Å². The Morgan fingerprint density at radius 2 is 2.50 bits per heavy atom. The van der Waals surface area contributed by atoms with E-state index < -0.39 is 5.97 Å². The second-order valence-electron chi connectivity index (χ2n) is 3.54. The molecule has 2 atom stereocenters. The van der Waals surface area contributed by atoms with E-state index in [0.29, 0.717) is 0 Å². The van der Waals surface area contributed by atoms with Crippen LogP contribution >= 0.6 is 0 Å². The number of fused-ring (bicyclic) bond motifs is 1. The number of aliphatic carboxylic acids is 1. The lowest BCUT2D eigenvalue weighted by atomic mass is 9.80. The van der Waals surface area contributed by atoms with Gasteiger partial charge in [0.25, 0.3) is 0 Å². The average molecular weight is 167 g/mol. The third kappa shape index (κ3) is 1.14. The Kier molecular flexibility index (Phi) is 1.89. The van der Waals surface area contributed by atoms with Crippen LogP contribution in [-0.4, -0.2) is 24.2 Å². The molecule has 1 aliphatic carbocycles. The highest BCUT2D eigenvalue weighted by atomic mass is 16.4. The van der Waals surface area contributed by atoms with Crippen molar-refractivity contribution in [2.75, 3.05) is 13.1 Å². The molecule has 1 fully saturated rings. The molecule has 0 aromatic heterocycles. The second kappa shape index (κ2) is 2.90. The zero-order valence-corrected chi connectivity index (χ0v) is 6.92. The zero-order chi connectivity index (χ0) is 8.55. The van der Waals surface area contributed by atoms with E-state index in [2.05, 4.69) is 11.4 Å². The van der Waals surface area contributed by atoms with Crippen LogP contribution in [0.1, 0.15) is 12.8 Å². The summed E-state index contributed by atoms with van der Waals surface area (Å²) in [7, 11) is 0. The Bertz CT molecular complexity index is 235. The molecular weight excluding hydrogens is 154 g/mol. The third-order valence-electron chi connectivity index (χ3n) is 2.86. The molecule has 0 amide bonds. The van der Waals surface area contributed by atoms with Crippen molar-refractivity contribution >= 4 is 5.97 Å². The average Bonchev–Trinajstić information content (AvgIpc) is 2.49. The highest BCUT2D eigenvalue weighted by molar-refractivity contribution is 5.71. The molecule has 0 aromatic carbocycles. The van der Waals surface area contributed by atoms with E-state index in [1.54, 1.807) is 0 Å². The van der Waals surface area contributed by atoms with Gasteiger partial charge >= 0.3 is 5.97 Å². The van der Waals surface area contributed by atoms with Crippen molar-refractivity contribution in [1.29, 1.82) is 0 Å². The normalized spacial score (nSPS) is 34.2. The maximum atomic E-state index is 10.8. The van der Waals surface area contributed by atoms with Crippen LogP contribution in [0.5, 0.6) is 0 Å². The maximum Gasteiger partial charge on any atom is 0.307 e. The first-order valence-electron chi connectivity index (χ1n) is 4.41. The Morgan fingerprint density at radius 3 is 3.25 bits per heavy atom. The van der Waals surface area contributed by atoms with E-state index in [4.69, 9.17) is 5.11 Å². The number of rotatable bonds is 1. The van der Waals surface area contributed by atoms with Gasteiger partial charge in [0.1, 0.15) is 0 Å². The first kappa shape index (κ1) is 7.80. The van der Waals surface area contributed by atoms with Crippen LogP contribution in [0, 0.1) is 11.8 Å². The Morgan fingerprint density at radius 1 is 1.67 bits per heavy atom. The molecule has 0 bridgehead atoms. The van der Waals surface area contributed by atoms with Gasteiger partial charge in [0, 0.05) is 19.0 Å². The van der Waals surface area contributed by atoms with Gasteiger partial charge in [-0.25, -0.2) is 0 Å². The zero-order valence-electron chi connectivity index (χ0n) is 6.92. The standard InChI is InChI=1S/C9H13NO2/c11-9(12)7-3-1-2-6-4-10-5-8(6)7/h2,7-8,10H,1,3-5H2,(H,11,12). The first-order chi connectivity index (χ1) is 5.79. The van der Waals surface area contributed by atoms with E-state index in [0.717, 1.165) is 25.9 Å². The predicted molar refractivity (Wildman–Crippen MR) is 44.8 cm³/mol. The molecule has 3 nitrogen and oxygen atoms in total. The molecule has 2 rings (SSSR count). The van der Waals surface area contributed by atoms with Gasteiger partial charge in [-0.15, -0.1) is 0 Å².